The first-order valence-corrected chi connectivity index (χ1v) is 8.47. The van der Waals surface area contributed by atoms with Gasteiger partial charge in [-0.05, 0) is 25.0 Å². The number of rotatable bonds is 8. The van der Waals surface area contributed by atoms with E-state index in [-0.39, 0.29) is 11.7 Å². The molecule has 0 aliphatic rings. The first kappa shape index (κ1) is 16.9. The third-order valence-electron chi connectivity index (χ3n) is 2.50. The zero-order chi connectivity index (χ0) is 15.2. The number of hydrogen-bond donors (Lipinski definition) is 1. The Morgan fingerprint density at radius 3 is 2.60 bits per heavy atom. The summed E-state index contributed by atoms with van der Waals surface area (Å²) in [5.41, 5.74) is 0.437. The molecule has 0 spiro atoms. The number of benzene rings is 1. The second-order valence-electron chi connectivity index (χ2n) is 4.44. The highest BCUT2D eigenvalue weighted by Crippen LogP contribution is 2.30. The Morgan fingerprint density at radius 2 is 2.05 bits per heavy atom. The van der Waals surface area contributed by atoms with Crippen molar-refractivity contribution >= 4 is 27.3 Å². The average Bonchev–Trinajstić information content (AvgIpc) is 2.39. The fourth-order valence-corrected chi connectivity index (χ4v) is 3.32. The maximum Gasteiger partial charge on any atom is 0.233 e. The van der Waals surface area contributed by atoms with E-state index in [0.717, 1.165) is 0 Å². The number of anilines is 1. The smallest absolute Gasteiger partial charge is 0.233 e. The lowest BCUT2D eigenvalue weighted by atomic mass is 10.3. The molecule has 0 aliphatic carbocycles. The summed E-state index contributed by atoms with van der Waals surface area (Å²) in [6, 6.07) is 4.90. The van der Waals surface area contributed by atoms with Gasteiger partial charge in [-0.25, -0.2) is 8.42 Å². The van der Waals surface area contributed by atoms with E-state index in [4.69, 9.17) is 21.1 Å². The van der Waals surface area contributed by atoms with Crippen LogP contribution in [-0.2, 0) is 10.0 Å². The molecule has 5 nitrogen and oxygen atoms in total. The van der Waals surface area contributed by atoms with Gasteiger partial charge in [0.25, 0.3) is 0 Å². The predicted molar refractivity (Wildman–Crippen MR) is 81.5 cm³/mol. The molecule has 0 saturated carbocycles. The lowest BCUT2D eigenvalue weighted by molar-refractivity contribution is 0.311. The average molecular weight is 322 g/mol. The molecule has 1 rings (SSSR count). The summed E-state index contributed by atoms with van der Waals surface area (Å²) >= 11 is 5.64. The van der Waals surface area contributed by atoms with Crippen LogP contribution in [0.4, 0.5) is 5.69 Å². The van der Waals surface area contributed by atoms with Gasteiger partial charge in [-0.15, -0.1) is 11.6 Å². The topological polar surface area (TPSA) is 64.6 Å². The van der Waals surface area contributed by atoms with Crippen LogP contribution < -0.4 is 14.2 Å². The third-order valence-corrected chi connectivity index (χ3v) is 4.59. The van der Waals surface area contributed by atoms with Crippen molar-refractivity contribution in [2.45, 2.75) is 13.8 Å². The van der Waals surface area contributed by atoms with E-state index in [1.807, 2.05) is 6.92 Å². The molecule has 1 unspecified atom stereocenters. The van der Waals surface area contributed by atoms with Gasteiger partial charge < -0.3 is 9.47 Å². The maximum atomic E-state index is 11.9. The van der Waals surface area contributed by atoms with Gasteiger partial charge in [0, 0.05) is 11.9 Å². The summed E-state index contributed by atoms with van der Waals surface area (Å²) < 4.78 is 36.9. The van der Waals surface area contributed by atoms with E-state index < -0.39 is 10.0 Å². The molecule has 1 aromatic carbocycles. The molecule has 0 bridgehead atoms. The number of hydrogen-bond acceptors (Lipinski definition) is 4. The highest BCUT2D eigenvalue weighted by molar-refractivity contribution is 7.92. The Hall–Kier alpha value is -1.14. The van der Waals surface area contributed by atoms with Gasteiger partial charge in [0.15, 0.2) is 11.5 Å². The summed E-state index contributed by atoms with van der Waals surface area (Å²) in [4.78, 5) is 0. The quantitative estimate of drug-likeness (QED) is 0.748. The molecule has 0 amide bonds. The highest BCUT2D eigenvalue weighted by atomic mass is 35.5. The van der Waals surface area contributed by atoms with Crippen molar-refractivity contribution in [3.8, 4) is 11.5 Å². The van der Waals surface area contributed by atoms with Crippen LogP contribution in [0, 0.1) is 5.92 Å². The molecule has 7 heteroatoms. The first-order valence-electron chi connectivity index (χ1n) is 6.29. The van der Waals surface area contributed by atoms with Gasteiger partial charge in [0.05, 0.1) is 25.2 Å². The molecule has 0 radical (unpaired) electrons. The normalized spacial score (nSPS) is 12.8. The monoisotopic (exact) mass is 321 g/mol. The molecule has 0 aliphatic heterocycles. The molecule has 0 heterocycles. The van der Waals surface area contributed by atoms with E-state index >= 15 is 0 Å². The molecule has 0 fully saturated rings. The minimum atomic E-state index is -3.43. The summed E-state index contributed by atoms with van der Waals surface area (Å²) in [5, 5.41) is 0. The van der Waals surface area contributed by atoms with E-state index in [1.54, 1.807) is 25.1 Å². The molecule has 1 aromatic rings. The molecule has 1 atom stereocenters. The number of ether oxygens (including phenoxy) is 2. The zero-order valence-corrected chi connectivity index (χ0v) is 13.4. The van der Waals surface area contributed by atoms with Crippen LogP contribution in [0.3, 0.4) is 0 Å². The van der Waals surface area contributed by atoms with Crippen LogP contribution in [0.2, 0.25) is 0 Å². The molecule has 114 valence electrons. The van der Waals surface area contributed by atoms with Gasteiger partial charge in [0.1, 0.15) is 0 Å². The van der Waals surface area contributed by atoms with E-state index in [2.05, 4.69) is 4.72 Å². The fraction of sp³-hybridized carbons (Fsp3) is 0.538. The Labute approximate surface area is 125 Å². The van der Waals surface area contributed by atoms with E-state index in [0.29, 0.717) is 29.7 Å². The van der Waals surface area contributed by atoms with Crippen LogP contribution in [0.5, 0.6) is 11.5 Å². The van der Waals surface area contributed by atoms with Crippen molar-refractivity contribution in [2.75, 3.05) is 30.1 Å². The number of nitrogens with one attached hydrogen (secondary N) is 1. The van der Waals surface area contributed by atoms with Gasteiger partial charge in [0.2, 0.25) is 10.0 Å². The Morgan fingerprint density at radius 1 is 1.35 bits per heavy atom. The second-order valence-corrected chi connectivity index (χ2v) is 6.52. The SMILES string of the molecule is CCOc1ccc(NS(=O)(=O)CC(C)CCl)cc1OC. The number of methoxy groups -OCH3 is 1. The van der Waals surface area contributed by atoms with Crippen molar-refractivity contribution in [3.63, 3.8) is 0 Å². The minimum Gasteiger partial charge on any atom is -0.493 e. The van der Waals surface area contributed by atoms with Crippen molar-refractivity contribution in [3.05, 3.63) is 18.2 Å². The fourth-order valence-electron chi connectivity index (χ4n) is 1.65. The molecular weight excluding hydrogens is 302 g/mol. The molecule has 20 heavy (non-hydrogen) atoms. The Balaban J connectivity index is 2.87. The van der Waals surface area contributed by atoms with Crippen molar-refractivity contribution in [2.24, 2.45) is 5.92 Å². The van der Waals surface area contributed by atoms with Gasteiger partial charge in [-0.3, -0.25) is 4.72 Å². The van der Waals surface area contributed by atoms with Gasteiger partial charge >= 0.3 is 0 Å². The molecular formula is C13H20ClNO4S. The number of sulfonamides is 1. The summed E-state index contributed by atoms with van der Waals surface area (Å²) in [6.07, 6.45) is 0. The number of alkyl halides is 1. The second kappa shape index (κ2) is 7.59. The van der Waals surface area contributed by atoms with Crippen LogP contribution in [0.15, 0.2) is 18.2 Å². The number of halogens is 1. The standard InChI is InChI=1S/C13H20ClNO4S/c1-4-19-12-6-5-11(7-13(12)18-3)15-20(16,17)9-10(2)8-14/h5-7,10,15H,4,8-9H2,1-3H3. The predicted octanol–water partition coefficient (Wildman–Crippen LogP) is 2.71. The first-order chi connectivity index (χ1) is 9.41. The van der Waals surface area contributed by atoms with E-state index in [1.165, 1.54) is 7.11 Å². The lowest BCUT2D eigenvalue weighted by Gasteiger charge is -2.14. The maximum absolute atomic E-state index is 11.9. The van der Waals surface area contributed by atoms with E-state index in [9.17, 15) is 8.42 Å². The van der Waals surface area contributed by atoms with Crippen molar-refractivity contribution in [1.29, 1.82) is 0 Å². The summed E-state index contributed by atoms with van der Waals surface area (Å²) in [5.74, 6) is 1.22. The van der Waals surface area contributed by atoms with Gasteiger partial charge in [-0.1, -0.05) is 6.92 Å². The molecule has 0 aromatic heterocycles. The summed E-state index contributed by atoms with van der Waals surface area (Å²) in [7, 11) is -1.92. The van der Waals surface area contributed by atoms with Crippen molar-refractivity contribution < 1.29 is 17.9 Å². The molecule has 0 saturated heterocycles. The third kappa shape index (κ3) is 5.09. The Bertz CT molecular complexity index is 533. The molecule has 1 N–H and O–H groups in total. The van der Waals surface area contributed by atoms with Crippen LogP contribution in [0.1, 0.15) is 13.8 Å². The zero-order valence-electron chi connectivity index (χ0n) is 11.8. The highest BCUT2D eigenvalue weighted by Gasteiger charge is 2.16. The van der Waals surface area contributed by atoms with Crippen molar-refractivity contribution in [1.82, 2.24) is 0 Å². The lowest BCUT2D eigenvalue weighted by Crippen LogP contribution is -2.22. The van der Waals surface area contributed by atoms with Crippen LogP contribution in [0.25, 0.3) is 0 Å². The minimum absolute atomic E-state index is 0.0218. The summed E-state index contributed by atoms with van der Waals surface area (Å²) in [6.45, 7) is 4.16. The largest absolute Gasteiger partial charge is 0.493 e. The van der Waals surface area contributed by atoms with Gasteiger partial charge in [-0.2, -0.15) is 0 Å². The van der Waals surface area contributed by atoms with Crippen LogP contribution in [-0.4, -0.2) is 33.8 Å². The van der Waals surface area contributed by atoms with Crippen LogP contribution >= 0.6 is 11.6 Å². The Kier molecular flexibility index (Phi) is 6.42.